The van der Waals surface area contributed by atoms with Crippen molar-refractivity contribution in [2.45, 2.75) is 13.2 Å². The van der Waals surface area contributed by atoms with Gasteiger partial charge in [0.25, 0.3) is 0 Å². The molecule has 0 aromatic heterocycles. The number of ether oxygens (including phenoxy) is 2. The number of rotatable bonds is 5. The van der Waals surface area contributed by atoms with Crippen LogP contribution in [0.15, 0.2) is 36.4 Å². The Hall–Kier alpha value is -2.14. The highest BCUT2D eigenvalue weighted by molar-refractivity contribution is 5.37. The standard InChI is InChI=1S/C15H15F2NO2/c1-19-14-4-2-10(8-18)6-11(14)9-20-15-5-3-12(16)7-13(15)17/h2-7H,8-9,18H2,1H3. The molecule has 0 unspecified atom stereocenters. The van der Waals surface area contributed by atoms with Gasteiger partial charge in [-0.05, 0) is 29.8 Å². The minimum atomic E-state index is -0.737. The molecule has 0 spiro atoms. The van der Waals surface area contributed by atoms with Crippen molar-refractivity contribution >= 4 is 0 Å². The van der Waals surface area contributed by atoms with Crippen molar-refractivity contribution in [2.24, 2.45) is 5.73 Å². The van der Waals surface area contributed by atoms with E-state index in [-0.39, 0.29) is 12.4 Å². The van der Waals surface area contributed by atoms with Crippen molar-refractivity contribution < 1.29 is 18.3 Å². The van der Waals surface area contributed by atoms with E-state index in [2.05, 4.69) is 0 Å². The van der Waals surface area contributed by atoms with E-state index in [0.717, 1.165) is 23.3 Å². The van der Waals surface area contributed by atoms with E-state index < -0.39 is 11.6 Å². The molecule has 2 aromatic carbocycles. The Morgan fingerprint density at radius 1 is 1.05 bits per heavy atom. The van der Waals surface area contributed by atoms with E-state index in [1.807, 2.05) is 12.1 Å². The molecule has 0 aliphatic rings. The number of methoxy groups -OCH3 is 1. The smallest absolute Gasteiger partial charge is 0.167 e. The molecule has 2 aromatic rings. The fraction of sp³-hybridized carbons (Fsp3) is 0.200. The van der Waals surface area contributed by atoms with Gasteiger partial charge in [-0.2, -0.15) is 0 Å². The van der Waals surface area contributed by atoms with Crippen LogP contribution < -0.4 is 15.2 Å². The molecule has 0 bridgehead atoms. The molecule has 2 N–H and O–H groups in total. The largest absolute Gasteiger partial charge is 0.496 e. The number of halogens is 2. The lowest BCUT2D eigenvalue weighted by Crippen LogP contribution is -2.03. The Kier molecular flexibility index (Phi) is 4.53. The number of hydrogen-bond donors (Lipinski definition) is 1. The summed E-state index contributed by atoms with van der Waals surface area (Å²) < 4.78 is 36.8. The fourth-order valence-corrected chi connectivity index (χ4v) is 1.82. The van der Waals surface area contributed by atoms with Crippen molar-refractivity contribution in [3.63, 3.8) is 0 Å². The zero-order chi connectivity index (χ0) is 14.5. The molecular formula is C15H15F2NO2. The molecule has 5 heteroatoms. The molecule has 3 nitrogen and oxygen atoms in total. The van der Waals surface area contributed by atoms with Gasteiger partial charge in [0, 0.05) is 18.2 Å². The normalized spacial score (nSPS) is 10.4. The quantitative estimate of drug-likeness (QED) is 0.915. The highest BCUT2D eigenvalue weighted by atomic mass is 19.1. The van der Waals surface area contributed by atoms with E-state index in [1.54, 1.807) is 13.2 Å². The lowest BCUT2D eigenvalue weighted by molar-refractivity contribution is 0.281. The summed E-state index contributed by atoms with van der Waals surface area (Å²) in [4.78, 5) is 0. The SMILES string of the molecule is COc1ccc(CN)cc1COc1ccc(F)cc1F. The molecule has 0 aliphatic carbocycles. The number of hydrogen-bond acceptors (Lipinski definition) is 3. The predicted octanol–water partition coefficient (Wildman–Crippen LogP) is 3.01. The second-order valence-electron chi connectivity index (χ2n) is 4.21. The zero-order valence-corrected chi connectivity index (χ0v) is 11.0. The summed E-state index contributed by atoms with van der Waals surface area (Å²) in [5.41, 5.74) is 7.24. The topological polar surface area (TPSA) is 44.5 Å². The number of nitrogens with two attached hydrogens (primary N) is 1. The fourth-order valence-electron chi connectivity index (χ4n) is 1.82. The molecule has 0 amide bonds. The summed E-state index contributed by atoms with van der Waals surface area (Å²) in [5.74, 6) is -0.757. The first-order valence-electron chi connectivity index (χ1n) is 6.07. The average molecular weight is 279 g/mol. The van der Waals surface area contributed by atoms with Crippen LogP contribution in [0.25, 0.3) is 0 Å². The lowest BCUT2D eigenvalue weighted by atomic mass is 10.1. The monoisotopic (exact) mass is 279 g/mol. The van der Waals surface area contributed by atoms with Gasteiger partial charge < -0.3 is 15.2 Å². The van der Waals surface area contributed by atoms with Gasteiger partial charge in [-0.25, -0.2) is 8.78 Å². The molecule has 2 rings (SSSR count). The molecule has 0 aliphatic heterocycles. The van der Waals surface area contributed by atoms with E-state index in [1.165, 1.54) is 6.07 Å². The summed E-state index contributed by atoms with van der Waals surface area (Å²) in [6.07, 6.45) is 0. The molecule has 0 atom stereocenters. The Bertz CT molecular complexity index is 602. The van der Waals surface area contributed by atoms with Crippen LogP contribution >= 0.6 is 0 Å². The summed E-state index contributed by atoms with van der Waals surface area (Å²) in [5, 5.41) is 0. The van der Waals surface area contributed by atoms with Crippen LogP contribution in [0.3, 0.4) is 0 Å². The van der Waals surface area contributed by atoms with Crippen LogP contribution in [0.2, 0.25) is 0 Å². The van der Waals surface area contributed by atoms with E-state index >= 15 is 0 Å². The maximum atomic E-state index is 13.5. The third-order valence-electron chi connectivity index (χ3n) is 2.86. The molecule has 20 heavy (non-hydrogen) atoms. The Morgan fingerprint density at radius 2 is 1.80 bits per heavy atom. The first kappa shape index (κ1) is 14.3. The maximum Gasteiger partial charge on any atom is 0.167 e. The van der Waals surface area contributed by atoms with Crippen molar-refractivity contribution in [3.8, 4) is 11.5 Å². The van der Waals surface area contributed by atoms with Gasteiger partial charge in [-0.15, -0.1) is 0 Å². The minimum Gasteiger partial charge on any atom is -0.496 e. The first-order valence-corrected chi connectivity index (χ1v) is 6.07. The average Bonchev–Trinajstić information content (AvgIpc) is 2.46. The molecule has 106 valence electrons. The Labute approximate surface area is 115 Å². The van der Waals surface area contributed by atoms with Crippen LogP contribution in [0, 0.1) is 11.6 Å². The minimum absolute atomic E-state index is 0.00777. The summed E-state index contributed by atoms with van der Waals surface area (Å²) in [6.45, 7) is 0.501. The highest BCUT2D eigenvalue weighted by Gasteiger charge is 2.08. The van der Waals surface area contributed by atoms with Crippen LogP contribution in [0.4, 0.5) is 8.78 Å². The van der Waals surface area contributed by atoms with Crippen LogP contribution in [-0.2, 0) is 13.2 Å². The maximum absolute atomic E-state index is 13.5. The predicted molar refractivity (Wildman–Crippen MR) is 71.6 cm³/mol. The molecule has 0 heterocycles. The van der Waals surface area contributed by atoms with Gasteiger partial charge in [0.15, 0.2) is 11.6 Å². The van der Waals surface area contributed by atoms with E-state index in [0.29, 0.717) is 12.3 Å². The van der Waals surface area contributed by atoms with Crippen LogP contribution in [0.1, 0.15) is 11.1 Å². The Morgan fingerprint density at radius 3 is 2.45 bits per heavy atom. The van der Waals surface area contributed by atoms with Gasteiger partial charge in [0.2, 0.25) is 0 Å². The van der Waals surface area contributed by atoms with Crippen molar-refractivity contribution in [1.82, 2.24) is 0 Å². The van der Waals surface area contributed by atoms with Gasteiger partial charge >= 0.3 is 0 Å². The van der Waals surface area contributed by atoms with Crippen molar-refractivity contribution in [3.05, 3.63) is 59.2 Å². The van der Waals surface area contributed by atoms with Gasteiger partial charge in [-0.3, -0.25) is 0 Å². The second-order valence-corrected chi connectivity index (χ2v) is 4.21. The summed E-state index contributed by atoms with van der Waals surface area (Å²) in [6, 6.07) is 8.64. The van der Waals surface area contributed by atoms with Crippen LogP contribution in [-0.4, -0.2) is 7.11 Å². The molecule has 0 fully saturated rings. The van der Waals surface area contributed by atoms with Crippen LogP contribution in [0.5, 0.6) is 11.5 Å². The van der Waals surface area contributed by atoms with E-state index in [4.69, 9.17) is 15.2 Å². The Balaban J connectivity index is 2.17. The second kappa shape index (κ2) is 6.34. The lowest BCUT2D eigenvalue weighted by Gasteiger charge is -2.12. The summed E-state index contributed by atoms with van der Waals surface area (Å²) >= 11 is 0. The summed E-state index contributed by atoms with van der Waals surface area (Å²) in [7, 11) is 1.54. The highest BCUT2D eigenvalue weighted by Crippen LogP contribution is 2.24. The zero-order valence-electron chi connectivity index (χ0n) is 11.0. The van der Waals surface area contributed by atoms with E-state index in [9.17, 15) is 8.78 Å². The molecule has 0 saturated carbocycles. The first-order chi connectivity index (χ1) is 9.63. The molecular weight excluding hydrogens is 264 g/mol. The third-order valence-corrected chi connectivity index (χ3v) is 2.86. The molecule has 0 radical (unpaired) electrons. The van der Waals surface area contributed by atoms with Crippen molar-refractivity contribution in [2.75, 3.05) is 7.11 Å². The van der Waals surface area contributed by atoms with Gasteiger partial charge in [0.05, 0.1) is 7.11 Å². The van der Waals surface area contributed by atoms with Gasteiger partial charge in [0.1, 0.15) is 18.2 Å². The number of benzene rings is 2. The van der Waals surface area contributed by atoms with Gasteiger partial charge in [-0.1, -0.05) is 6.07 Å². The van der Waals surface area contributed by atoms with Crippen molar-refractivity contribution in [1.29, 1.82) is 0 Å². The molecule has 0 saturated heterocycles. The third kappa shape index (κ3) is 3.24.